The molecule has 3 aromatic heterocycles. The molecule has 0 amide bonds. The zero-order valence-electron chi connectivity index (χ0n) is 10.7. The van der Waals surface area contributed by atoms with E-state index >= 15 is 0 Å². The Morgan fingerprint density at radius 3 is 2.63 bits per heavy atom. The SMILES string of the molecule is CC(C)n1cc(-c2nc(-c3ccncc3)no2)cn1. The summed E-state index contributed by atoms with van der Waals surface area (Å²) in [5, 5.41) is 8.22. The van der Waals surface area contributed by atoms with Crippen LogP contribution in [-0.4, -0.2) is 24.9 Å². The molecule has 96 valence electrons. The van der Waals surface area contributed by atoms with Gasteiger partial charge >= 0.3 is 0 Å². The summed E-state index contributed by atoms with van der Waals surface area (Å²) >= 11 is 0. The van der Waals surface area contributed by atoms with E-state index in [-0.39, 0.29) is 0 Å². The first-order chi connectivity index (χ1) is 9.24. The molecule has 0 aliphatic carbocycles. The zero-order chi connectivity index (χ0) is 13.2. The largest absolute Gasteiger partial charge is 0.333 e. The van der Waals surface area contributed by atoms with E-state index in [0.717, 1.165) is 11.1 Å². The molecule has 0 bridgehead atoms. The van der Waals surface area contributed by atoms with E-state index in [1.807, 2.05) is 23.0 Å². The average molecular weight is 255 g/mol. The van der Waals surface area contributed by atoms with Gasteiger partial charge in [0.15, 0.2) is 0 Å². The third-order valence-electron chi connectivity index (χ3n) is 2.74. The van der Waals surface area contributed by atoms with Gasteiger partial charge in [-0.25, -0.2) is 0 Å². The fourth-order valence-electron chi connectivity index (χ4n) is 1.69. The molecule has 6 heteroatoms. The Morgan fingerprint density at radius 1 is 1.16 bits per heavy atom. The quantitative estimate of drug-likeness (QED) is 0.719. The first-order valence-corrected chi connectivity index (χ1v) is 6.02. The minimum atomic E-state index is 0.302. The molecule has 0 aliphatic rings. The molecule has 0 N–H and O–H groups in total. The Balaban J connectivity index is 1.92. The second kappa shape index (κ2) is 4.64. The number of hydrogen-bond acceptors (Lipinski definition) is 5. The van der Waals surface area contributed by atoms with E-state index in [0.29, 0.717) is 17.8 Å². The van der Waals surface area contributed by atoms with Crippen LogP contribution in [0.1, 0.15) is 19.9 Å². The predicted octanol–water partition coefficient (Wildman–Crippen LogP) is 2.58. The van der Waals surface area contributed by atoms with Crippen molar-refractivity contribution in [2.24, 2.45) is 0 Å². The van der Waals surface area contributed by atoms with Gasteiger partial charge in [0.1, 0.15) is 0 Å². The molecule has 0 spiro atoms. The molecule has 6 nitrogen and oxygen atoms in total. The summed E-state index contributed by atoms with van der Waals surface area (Å²) in [5.41, 5.74) is 1.70. The van der Waals surface area contributed by atoms with Crippen LogP contribution >= 0.6 is 0 Å². The Bertz CT molecular complexity index is 671. The van der Waals surface area contributed by atoms with E-state index in [2.05, 4.69) is 34.1 Å². The minimum absolute atomic E-state index is 0.302. The summed E-state index contributed by atoms with van der Waals surface area (Å²) in [5.74, 6) is 1.02. The molecule has 3 aromatic rings. The van der Waals surface area contributed by atoms with Gasteiger partial charge in [0.2, 0.25) is 5.82 Å². The summed E-state index contributed by atoms with van der Waals surface area (Å²) in [6, 6.07) is 3.98. The van der Waals surface area contributed by atoms with E-state index in [9.17, 15) is 0 Å². The van der Waals surface area contributed by atoms with Crippen LogP contribution in [-0.2, 0) is 0 Å². The van der Waals surface area contributed by atoms with Crippen molar-refractivity contribution in [2.75, 3.05) is 0 Å². The maximum absolute atomic E-state index is 5.26. The van der Waals surface area contributed by atoms with Gasteiger partial charge < -0.3 is 4.52 Å². The summed E-state index contributed by atoms with van der Waals surface area (Å²) < 4.78 is 7.12. The van der Waals surface area contributed by atoms with Crippen molar-refractivity contribution in [1.82, 2.24) is 24.9 Å². The maximum Gasteiger partial charge on any atom is 0.261 e. The highest BCUT2D eigenvalue weighted by molar-refractivity contribution is 5.58. The molecule has 19 heavy (non-hydrogen) atoms. The van der Waals surface area contributed by atoms with Crippen molar-refractivity contribution in [3.8, 4) is 22.8 Å². The van der Waals surface area contributed by atoms with Gasteiger partial charge in [-0.05, 0) is 26.0 Å². The fraction of sp³-hybridized carbons (Fsp3) is 0.231. The molecule has 3 rings (SSSR count). The summed E-state index contributed by atoms with van der Waals surface area (Å²) in [6.07, 6.45) is 7.02. The Kier molecular flexibility index (Phi) is 2.83. The lowest BCUT2D eigenvalue weighted by molar-refractivity contribution is 0.432. The molecule has 0 saturated heterocycles. The van der Waals surface area contributed by atoms with E-state index < -0.39 is 0 Å². The number of aromatic nitrogens is 5. The molecule has 0 fully saturated rings. The maximum atomic E-state index is 5.26. The van der Waals surface area contributed by atoms with Gasteiger partial charge in [-0.2, -0.15) is 10.1 Å². The average Bonchev–Trinajstić information content (AvgIpc) is 3.09. The van der Waals surface area contributed by atoms with E-state index in [1.165, 1.54) is 0 Å². The number of rotatable bonds is 3. The fourth-order valence-corrected chi connectivity index (χ4v) is 1.69. The molecule has 0 saturated carbocycles. The van der Waals surface area contributed by atoms with Crippen LogP contribution in [0.2, 0.25) is 0 Å². The third kappa shape index (κ3) is 2.24. The van der Waals surface area contributed by atoms with Crippen LogP contribution in [0.15, 0.2) is 41.4 Å². The molecular formula is C13H13N5O. The topological polar surface area (TPSA) is 69.6 Å². The summed E-state index contributed by atoms with van der Waals surface area (Å²) in [6.45, 7) is 4.12. The molecular weight excluding hydrogens is 242 g/mol. The Labute approximate surface area is 110 Å². The third-order valence-corrected chi connectivity index (χ3v) is 2.74. The van der Waals surface area contributed by atoms with Gasteiger partial charge in [0, 0.05) is 30.2 Å². The second-order valence-corrected chi connectivity index (χ2v) is 4.46. The van der Waals surface area contributed by atoms with Crippen LogP contribution in [0.3, 0.4) is 0 Å². The monoisotopic (exact) mass is 255 g/mol. The van der Waals surface area contributed by atoms with Crippen LogP contribution < -0.4 is 0 Å². The Morgan fingerprint density at radius 2 is 1.95 bits per heavy atom. The van der Waals surface area contributed by atoms with Crippen molar-refractivity contribution in [2.45, 2.75) is 19.9 Å². The smallest absolute Gasteiger partial charge is 0.261 e. The molecule has 3 heterocycles. The summed E-state index contributed by atoms with van der Waals surface area (Å²) in [7, 11) is 0. The highest BCUT2D eigenvalue weighted by atomic mass is 16.5. The van der Waals surface area contributed by atoms with Crippen molar-refractivity contribution in [3.05, 3.63) is 36.9 Å². The van der Waals surface area contributed by atoms with Crippen molar-refractivity contribution in [1.29, 1.82) is 0 Å². The van der Waals surface area contributed by atoms with E-state index in [4.69, 9.17) is 4.52 Å². The van der Waals surface area contributed by atoms with Gasteiger partial charge in [-0.15, -0.1) is 0 Å². The van der Waals surface area contributed by atoms with Crippen LogP contribution in [0.25, 0.3) is 22.8 Å². The van der Waals surface area contributed by atoms with Gasteiger partial charge in [0.05, 0.1) is 11.8 Å². The minimum Gasteiger partial charge on any atom is -0.333 e. The highest BCUT2D eigenvalue weighted by Gasteiger charge is 2.12. The van der Waals surface area contributed by atoms with Gasteiger partial charge in [-0.3, -0.25) is 9.67 Å². The molecule has 0 aromatic carbocycles. The highest BCUT2D eigenvalue weighted by Crippen LogP contribution is 2.21. The lowest BCUT2D eigenvalue weighted by atomic mass is 10.2. The molecule has 0 atom stereocenters. The molecule has 0 unspecified atom stereocenters. The molecule has 0 radical (unpaired) electrons. The first kappa shape index (κ1) is 11.6. The Hall–Kier alpha value is -2.50. The second-order valence-electron chi connectivity index (χ2n) is 4.46. The van der Waals surface area contributed by atoms with Crippen LogP contribution in [0, 0.1) is 0 Å². The standard InChI is InChI=1S/C13H13N5O/c1-9(2)18-8-11(7-15-18)13-16-12(17-19-13)10-3-5-14-6-4-10/h3-9H,1-2H3. The summed E-state index contributed by atoms with van der Waals surface area (Å²) in [4.78, 5) is 8.32. The van der Waals surface area contributed by atoms with Crippen molar-refractivity contribution < 1.29 is 4.52 Å². The lowest BCUT2D eigenvalue weighted by Gasteiger charge is -2.02. The number of pyridine rings is 1. The zero-order valence-corrected chi connectivity index (χ0v) is 10.7. The lowest BCUT2D eigenvalue weighted by Crippen LogP contribution is -1.99. The van der Waals surface area contributed by atoms with Crippen LogP contribution in [0.5, 0.6) is 0 Å². The first-order valence-electron chi connectivity index (χ1n) is 6.02. The van der Waals surface area contributed by atoms with E-state index in [1.54, 1.807) is 18.6 Å². The predicted molar refractivity (Wildman–Crippen MR) is 69.1 cm³/mol. The van der Waals surface area contributed by atoms with Crippen molar-refractivity contribution >= 4 is 0 Å². The number of nitrogens with zero attached hydrogens (tertiary/aromatic N) is 5. The number of hydrogen-bond donors (Lipinski definition) is 0. The molecule has 0 aliphatic heterocycles. The van der Waals surface area contributed by atoms with Crippen LogP contribution in [0.4, 0.5) is 0 Å². The van der Waals surface area contributed by atoms with Gasteiger partial charge in [-0.1, -0.05) is 5.16 Å². The van der Waals surface area contributed by atoms with Crippen molar-refractivity contribution in [3.63, 3.8) is 0 Å². The van der Waals surface area contributed by atoms with Gasteiger partial charge in [0.25, 0.3) is 5.89 Å². The normalized spacial score (nSPS) is 11.1.